The molecule has 0 radical (unpaired) electrons. The average Bonchev–Trinajstić information content (AvgIpc) is 3.47. The van der Waals surface area contributed by atoms with Gasteiger partial charge in [-0.25, -0.2) is 0 Å². The minimum absolute atomic E-state index is 0.00869. The molecule has 1 fully saturated rings. The molecule has 4 rings (SSSR count). The summed E-state index contributed by atoms with van der Waals surface area (Å²) >= 11 is 1.51. The number of H-pyrrole nitrogens is 1. The Hall–Kier alpha value is -2.71. The maximum absolute atomic E-state index is 13.1. The Bertz CT molecular complexity index is 1060. The molecule has 2 amide bonds. The second kappa shape index (κ2) is 8.97. The molecule has 0 saturated carbocycles. The third-order valence-corrected chi connectivity index (χ3v) is 6.85. The van der Waals surface area contributed by atoms with E-state index in [2.05, 4.69) is 21.6 Å². The molecule has 30 heavy (non-hydrogen) atoms. The first-order chi connectivity index (χ1) is 14.6. The Kier molecular flexibility index (Phi) is 6.15. The summed E-state index contributed by atoms with van der Waals surface area (Å²) in [5.41, 5.74) is 2.43. The number of aromatic amines is 1. The number of fused-ring (bicyclic) bond motifs is 1. The van der Waals surface area contributed by atoms with Crippen molar-refractivity contribution >= 4 is 33.2 Å². The van der Waals surface area contributed by atoms with Gasteiger partial charge in [-0.1, -0.05) is 18.2 Å². The molecule has 1 unspecified atom stereocenters. The molecular weight excluding hydrogens is 400 g/mol. The lowest BCUT2D eigenvalue weighted by atomic mass is 10.00. The number of benzene rings is 1. The van der Waals surface area contributed by atoms with E-state index in [4.69, 9.17) is 4.74 Å². The highest BCUT2D eigenvalue weighted by Crippen LogP contribution is 2.34. The van der Waals surface area contributed by atoms with Gasteiger partial charge in [-0.3, -0.25) is 14.7 Å². The van der Waals surface area contributed by atoms with Gasteiger partial charge in [0.2, 0.25) is 0 Å². The number of amides is 2. The number of methoxy groups -OCH3 is 1. The zero-order chi connectivity index (χ0) is 21.1. The predicted molar refractivity (Wildman–Crippen MR) is 117 cm³/mol. The van der Waals surface area contributed by atoms with Gasteiger partial charge in [0.05, 0.1) is 23.2 Å². The van der Waals surface area contributed by atoms with Crippen molar-refractivity contribution in [3.05, 3.63) is 52.2 Å². The van der Waals surface area contributed by atoms with E-state index in [1.807, 2.05) is 30.0 Å². The molecule has 2 aromatic heterocycles. The molecule has 1 aliphatic rings. The van der Waals surface area contributed by atoms with Gasteiger partial charge in [0, 0.05) is 36.6 Å². The molecule has 3 aromatic rings. The number of nitrogens with zero attached hydrogens (tertiary/aromatic N) is 2. The highest BCUT2D eigenvalue weighted by Gasteiger charge is 2.32. The molecule has 2 N–H and O–H groups in total. The van der Waals surface area contributed by atoms with Gasteiger partial charge in [0.1, 0.15) is 0 Å². The lowest BCUT2D eigenvalue weighted by molar-refractivity contribution is 0.0736. The van der Waals surface area contributed by atoms with Crippen molar-refractivity contribution in [1.29, 1.82) is 0 Å². The minimum Gasteiger partial charge on any atom is -0.383 e. The van der Waals surface area contributed by atoms with Crippen LogP contribution in [0.2, 0.25) is 0 Å². The van der Waals surface area contributed by atoms with Gasteiger partial charge >= 0.3 is 0 Å². The van der Waals surface area contributed by atoms with E-state index in [9.17, 15) is 9.59 Å². The fourth-order valence-corrected chi connectivity index (χ4v) is 5.25. The van der Waals surface area contributed by atoms with Gasteiger partial charge in [-0.15, -0.1) is 11.3 Å². The van der Waals surface area contributed by atoms with Crippen LogP contribution in [-0.2, 0) is 11.2 Å². The number of carbonyl (C=O) groups is 2. The van der Waals surface area contributed by atoms with E-state index in [0.717, 1.165) is 45.6 Å². The Morgan fingerprint density at radius 2 is 2.20 bits per heavy atom. The molecule has 1 saturated heterocycles. The lowest BCUT2D eigenvalue weighted by Crippen LogP contribution is -2.37. The van der Waals surface area contributed by atoms with E-state index in [1.54, 1.807) is 13.3 Å². The zero-order valence-corrected chi connectivity index (χ0v) is 18.1. The van der Waals surface area contributed by atoms with Crippen LogP contribution < -0.4 is 5.32 Å². The summed E-state index contributed by atoms with van der Waals surface area (Å²) in [6, 6.07) is 8.16. The molecular formula is C22H26N4O3S. The molecule has 7 nitrogen and oxygen atoms in total. The van der Waals surface area contributed by atoms with Gasteiger partial charge < -0.3 is 15.0 Å². The van der Waals surface area contributed by atoms with Gasteiger partial charge in [-0.05, 0) is 43.2 Å². The van der Waals surface area contributed by atoms with Crippen LogP contribution in [-0.4, -0.2) is 59.8 Å². The third kappa shape index (κ3) is 3.97. The number of ether oxygens (including phenoxy) is 1. The summed E-state index contributed by atoms with van der Waals surface area (Å²) in [4.78, 5) is 28.7. The summed E-state index contributed by atoms with van der Waals surface area (Å²) < 4.78 is 6.14. The summed E-state index contributed by atoms with van der Waals surface area (Å²) in [6.07, 6.45) is 4.16. The first kappa shape index (κ1) is 20.6. The zero-order valence-electron chi connectivity index (χ0n) is 17.2. The van der Waals surface area contributed by atoms with Crippen LogP contribution in [0.25, 0.3) is 10.1 Å². The Labute approximate surface area is 179 Å². The average molecular weight is 427 g/mol. The van der Waals surface area contributed by atoms with E-state index in [0.29, 0.717) is 25.1 Å². The lowest BCUT2D eigenvalue weighted by Gasteiger charge is -2.25. The molecule has 0 spiro atoms. The summed E-state index contributed by atoms with van der Waals surface area (Å²) in [7, 11) is 1.62. The van der Waals surface area contributed by atoms with Crippen LogP contribution >= 0.6 is 11.3 Å². The van der Waals surface area contributed by atoms with Crippen molar-refractivity contribution in [1.82, 2.24) is 20.4 Å². The molecule has 1 atom stereocenters. The molecule has 0 bridgehead atoms. The van der Waals surface area contributed by atoms with Crippen LogP contribution in [0.1, 0.15) is 44.1 Å². The predicted octanol–water partition coefficient (Wildman–Crippen LogP) is 3.16. The molecule has 8 heteroatoms. The fraction of sp³-hybridized carbons (Fsp3) is 0.409. The van der Waals surface area contributed by atoms with Gasteiger partial charge in [0.25, 0.3) is 11.8 Å². The maximum Gasteiger partial charge on any atom is 0.261 e. The standard InChI is InChI=1S/C22H26N4O3S/c1-14-18(13-24-25-14)22(28)26-10-5-6-15(26)12-17-16-7-3-4-8-19(16)30-20(17)21(27)23-9-11-29-2/h3-4,7-8,13,15H,5-6,9-12H2,1-2H3,(H,23,27)(H,24,25). The summed E-state index contributed by atoms with van der Waals surface area (Å²) in [5, 5.41) is 10.9. The van der Waals surface area contributed by atoms with E-state index in [-0.39, 0.29) is 17.9 Å². The second-order valence-corrected chi connectivity index (χ2v) is 8.61. The molecule has 1 aliphatic heterocycles. The Balaban J connectivity index is 1.62. The normalized spacial score (nSPS) is 16.3. The Morgan fingerprint density at radius 3 is 2.97 bits per heavy atom. The van der Waals surface area contributed by atoms with Gasteiger partial charge in [0.15, 0.2) is 0 Å². The van der Waals surface area contributed by atoms with Crippen LogP contribution in [0.15, 0.2) is 30.5 Å². The number of nitrogens with one attached hydrogen (secondary N) is 2. The topological polar surface area (TPSA) is 87.3 Å². The van der Waals surface area contributed by atoms with Crippen LogP contribution in [0, 0.1) is 6.92 Å². The highest BCUT2D eigenvalue weighted by molar-refractivity contribution is 7.21. The second-order valence-electron chi connectivity index (χ2n) is 7.56. The Morgan fingerprint density at radius 1 is 1.37 bits per heavy atom. The van der Waals surface area contributed by atoms with Crippen molar-refractivity contribution in [2.45, 2.75) is 32.2 Å². The summed E-state index contributed by atoms with van der Waals surface area (Å²) in [6.45, 7) is 3.53. The quantitative estimate of drug-likeness (QED) is 0.568. The highest BCUT2D eigenvalue weighted by atomic mass is 32.1. The minimum atomic E-state index is -0.0789. The van der Waals surface area contributed by atoms with E-state index < -0.39 is 0 Å². The first-order valence-corrected chi connectivity index (χ1v) is 11.0. The van der Waals surface area contributed by atoms with Gasteiger partial charge in [-0.2, -0.15) is 5.10 Å². The fourth-order valence-electron chi connectivity index (χ4n) is 4.10. The maximum atomic E-state index is 13.1. The molecule has 0 aliphatic carbocycles. The van der Waals surface area contributed by atoms with E-state index >= 15 is 0 Å². The number of likely N-dealkylation sites (tertiary alicyclic amines) is 1. The van der Waals surface area contributed by atoms with Crippen molar-refractivity contribution in [2.75, 3.05) is 26.8 Å². The first-order valence-electron chi connectivity index (χ1n) is 10.2. The third-order valence-electron chi connectivity index (χ3n) is 5.63. The number of aryl methyl sites for hydroxylation is 1. The molecule has 3 heterocycles. The van der Waals surface area contributed by atoms with Crippen LogP contribution in [0.3, 0.4) is 0 Å². The number of thiophene rings is 1. The van der Waals surface area contributed by atoms with Crippen LogP contribution in [0.4, 0.5) is 0 Å². The number of hydrogen-bond donors (Lipinski definition) is 2. The smallest absolute Gasteiger partial charge is 0.261 e. The van der Waals surface area contributed by atoms with Crippen molar-refractivity contribution in [2.24, 2.45) is 0 Å². The van der Waals surface area contributed by atoms with Crippen LogP contribution in [0.5, 0.6) is 0 Å². The number of carbonyl (C=O) groups excluding carboxylic acids is 2. The molecule has 1 aromatic carbocycles. The van der Waals surface area contributed by atoms with Crippen molar-refractivity contribution in [3.8, 4) is 0 Å². The number of rotatable bonds is 7. The molecule has 158 valence electrons. The monoisotopic (exact) mass is 426 g/mol. The summed E-state index contributed by atoms with van der Waals surface area (Å²) in [5.74, 6) is -0.0702. The number of hydrogen-bond acceptors (Lipinski definition) is 5. The largest absolute Gasteiger partial charge is 0.383 e. The van der Waals surface area contributed by atoms with Crippen molar-refractivity contribution in [3.63, 3.8) is 0 Å². The number of aromatic nitrogens is 2. The SMILES string of the molecule is COCCNC(=O)c1sc2ccccc2c1CC1CCCN1C(=O)c1cn[nH]c1C. The van der Waals surface area contributed by atoms with Crippen molar-refractivity contribution < 1.29 is 14.3 Å². The van der Waals surface area contributed by atoms with E-state index in [1.165, 1.54) is 11.3 Å².